The average molecular weight is 301 g/mol. The van der Waals surface area contributed by atoms with E-state index in [2.05, 4.69) is 25.7 Å². The summed E-state index contributed by atoms with van der Waals surface area (Å²) in [6.45, 7) is 7.39. The minimum Gasteiger partial charge on any atom is -0.385 e. The summed E-state index contributed by atoms with van der Waals surface area (Å²) in [4.78, 5) is 2.19. The molecule has 0 spiro atoms. The molecule has 5 heteroatoms. The third kappa shape index (κ3) is 3.40. The van der Waals surface area contributed by atoms with Gasteiger partial charge in [-0.1, -0.05) is 18.2 Å². The number of benzene rings is 1. The van der Waals surface area contributed by atoms with Gasteiger partial charge in [0.2, 0.25) is 0 Å². The first kappa shape index (κ1) is 16.3. The summed E-state index contributed by atoms with van der Waals surface area (Å²) in [5, 5.41) is 10.7. The van der Waals surface area contributed by atoms with Crippen LogP contribution in [-0.2, 0) is 11.8 Å². The number of aliphatic hydroxyl groups is 1. The van der Waals surface area contributed by atoms with E-state index in [9.17, 15) is 18.3 Å². The van der Waals surface area contributed by atoms with E-state index in [0.29, 0.717) is 25.9 Å². The molecule has 1 aromatic carbocycles. The second kappa shape index (κ2) is 5.29. The molecular formula is C16H22F3NO. The summed E-state index contributed by atoms with van der Waals surface area (Å²) >= 11 is 0. The quantitative estimate of drug-likeness (QED) is 0.853. The van der Waals surface area contributed by atoms with Crippen molar-refractivity contribution in [3.63, 3.8) is 0 Å². The Morgan fingerprint density at radius 3 is 2.05 bits per heavy atom. The topological polar surface area (TPSA) is 23.5 Å². The van der Waals surface area contributed by atoms with E-state index < -0.39 is 17.3 Å². The summed E-state index contributed by atoms with van der Waals surface area (Å²) in [5.74, 6) is 0. The first-order valence-corrected chi connectivity index (χ1v) is 7.18. The van der Waals surface area contributed by atoms with E-state index >= 15 is 0 Å². The van der Waals surface area contributed by atoms with Crippen LogP contribution >= 0.6 is 0 Å². The molecule has 1 aliphatic heterocycles. The van der Waals surface area contributed by atoms with Crippen LogP contribution in [0.2, 0.25) is 0 Å². The molecule has 118 valence electrons. The molecule has 0 atom stereocenters. The van der Waals surface area contributed by atoms with Gasteiger partial charge in [0, 0.05) is 18.6 Å². The van der Waals surface area contributed by atoms with Gasteiger partial charge >= 0.3 is 6.18 Å². The van der Waals surface area contributed by atoms with Crippen LogP contribution < -0.4 is 0 Å². The van der Waals surface area contributed by atoms with Gasteiger partial charge in [0.05, 0.1) is 11.2 Å². The maximum atomic E-state index is 13.1. The zero-order valence-corrected chi connectivity index (χ0v) is 12.7. The number of hydrogen-bond donors (Lipinski definition) is 1. The zero-order valence-electron chi connectivity index (χ0n) is 12.7. The molecule has 1 aromatic rings. The Bertz CT molecular complexity index is 497. The van der Waals surface area contributed by atoms with Gasteiger partial charge in [0.15, 0.2) is 0 Å². The molecule has 2 rings (SSSR count). The molecule has 2 nitrogen and oxygen atoms in total. The van der Waals surface area contributed by atoms with Gasteiger partial charge in [-0.15, -0.1) is 0 Å². The minimum absolute atomic E-state index is 0.00561. The molecule has 1 saturated heterocycles. The summed E-state index contributed by atoms with van der Waals surface area (Å²) in [6.07, 6.45) is -3.80. The maximum absolute atomic E-state index is 13.1. The molecule has 1 N–H and O–H groups in total. The highest BCUT2D eigenvalue weighted by molar-refractivity contribution is 5.35. The van der Waals surface area contributed by atoms with Crippen molar-refractivity contribution >= 4 is 0 Å². The predicted molar refractivity (Wildman–Crippen MR) is 75.9 cm³/mol. The Balaban J connectivity index is 2.28. The largest absolute Gasteiger partial charge is 0.416 e. The lowest BCUT2D eigenvalue weighted by Crippen LogP contribution is -2.50. The van der Waals surface area contributed by atoms with Crippen molar-refractivity contribution in [3.8, 4) is 0 Å². The fourth-order valence-corrected chi connectivity index (χ4v) is 2.95. The minimum atomic E-state index is -4.44. The fourth-order valence-electron chi connectivity index (χ4n) is 2.95. The lowest BCUT2D eigenvalue weighted by atomic mass is 9.81. The summed E-state index contributed by atoms with van der Waals surface area (Å²) in [6, 6.07) is 5.36. The van der Waals surface area contributed by atoms with Crippen LogP contribution in [0.25, 0.3) is 0 Å². The van der Waals surface area contributed by atoms with Crippen LogP contribution in [0.5, 0.6) is 0 Å². The first-order valence-electron chi connectivity index (χ1n) is 7.18. The van der Waals surface area contributed by atoms with Crippen LogP contribution in [0, 0.1) is 0 Å². The monoisotopic (exact) mass is 301 g/mol. The summed E-state index contributed by atoms with van der Waals surface area (Å²) in [5.41, 5.74) is -2.15. The van der Waals surface area contributed by atoms with Crippen LogP contribution in [-0.4, -0.2) is 28.6 Å². The lowest BCUT2D eigenvalue weighted by Gasteiger charge is -2.45. The fraction of sp³-hybridized carbons (Fsp3) is 0.625. The molecule has 0 unspecified atom stereocenters. The van der Waals surface area contributed by atoms with Gasteiger partial charge in [-0.25, -0.2) is 0 Å². The zero-order chi connectivity index (χ0) is 15.9. The maximum Gasteiger partial charge on any atom is 0.416 e. The number of piperidine rings is 1. The molecule has 0 radical (unpaired) electrons. The molecule has 1 aliphatic rings. The number of halogens is 3. The summed E-state index contributed by atoms with van der Waals surface area (Å²) in [7, 11) is 0. The van der Waals surface area contributed by atoms with Crippen molar-refractivity contribution < 1.29 is 18.3 Å². The lowest BCUT2D eigenvalue weighted by molar-refractivity contribution is -0.142. The van der Waals surface area contributed by atoms with Crippen LogP contribution in [0.1, 0.15) is 44.7 Å². The van der Waals surface area contributed by atoms with Crippen molar-refractivity contribution in [2.24, 2.45) is 0 Å². The third-order valence-corrected chi connectivity index (χ3v) is 4.27. The number of rotatable bonds is 1. The van der Waals surface area contributed by atoms with E-state index in [-0.39, 0.29) is 11.1 Å². The normalized spacial score (nSPS) is 20.5. The standard InChI is InChI=1S/C16H22F3NO/c1-14(2,3)20-10-8-15(21,9-11-20)12-6-4-5-7-13(12)16(17,18)19/h4-7,21H,8-11H2,1-3H3. The van der Waals surface area contributed by atoms with Crippen LogP contribution in [0.4, 0.5) is 13.2 Å². The number of likely N-dealkylation sites (tertiary alicyclic amines) is 1. The van der Waals surface area contributed by atoms with E-state index in [1.165, 1.54) is 12.1 Å². The Hall–Kier alpha value is -1.07. The number of hydrogen-bond acceptors (Lipinski definition) is 2. The van der Waals surface area contributed by atoms with Crippen molar-refractivity contribution in [2.75, 3.05) is 13.1 Å². The highest BCUT2D eigenvalue weighted by atomic mass is 19.4. The van der Waals surface area contributed by atoms with Crippen molar-refractivity contribution in [1.29, 1.82) is 0 Å². The Labute approximate surface area is 123 Å². The molecule has 0 bridgehead atoms. The van der Waals surface area contributed by atoms with Crippen LogP contribution in [0.15, 0.2) is 24.3 Å². The predicted octanol–water partition coefficient (Wildman–Crippen LogP) is 3.79. The van der Waals surface area contributed by atoms with E-state index in [1.807, 2.05) is 0 Å². The smallest absolute Gasteiger partial charge is 0.385 e. The van der Waals surface area contributed by atoms with Gasteiger partial charge < -0.3 is 5.11 Å². The molecule has 0 amide bonds. The van der Waals surface area contributed by atoms with Gasteiger partial charge in [-0.05, 0) is 45.2 Å². The summed E-state index contributed by atoms with van der Waals surface area (Å²) < 4.78 is 39.4. The van der Waals surface area contributed by atoms with E-state index in [4.69, 9.17) is 0 Å². The van der Waals surface area contributed by atoms with Crippen molar-refractivity contribution in [1.82, 2.24) is 4.90 Å². The van der Waals surface area contributed by atoms with Crippen LogP contribution in [0.3, 0.4) is 0 Å². The second-order valence-corrected chi connectivity index (χ2v) is 6.73. The van der Waals surface area contributed by atoms with Gasteiger partial charge in [-0.2, -0.15) is 13.2 Å². The van der Waals surface area contributed by atoms with E-state index in [0.717, 1.165) is 6.07 Å². The first-order chi connectivity index (χ1) is 9.54. The third-order valence-electron chi connectivity index (χ3n) is 4.27. The molecule has 1 fully saturated rings. The molecule has 0 aliphatic carbocycles. The molecule has 21 heavy (non-hydrogen) atoms. The highest BCUT2D eigenvalue weighted by Crippen LogP contribution is 2.41. The van der Waals surface area contributed by atoms with Gasteiger partial charge in [0.25, 0.3) is 0 Å². The van der Waals surface area contributed by atoms with Crippen molar-refractivity contribution in [2.45, 2.75) is 50.9 Å². The molecular weight excluding hydrogens is 279 g/mol. The number of alkyl halides is 3. The van der Waals surface area contributed by atoms with E-state index in [1.54, 1.807) is 6.07 Å². The molecule has 1 heterocycles. The van der Waals surface area contributed by atoms with Gasteiger partial charge in [0.1, 0.15) is 0 Å². The molecule has 0 saturated carbocycles. The Kier molecular flexibility index (Phi) is 4.10. The van der Waals surface area contributed by atoms with Gasteiger partial charge in [-0.3, -0.25) is 4.90 Å². The average Bonchev–Trinajstić information content (AvgIpc) is 2.37. The van der Waals surface area contributed by atoms with Crippen molar-refractivity contribution in [3.05, 3.63) is 35.4 Å². The molecule has 0 aromatic heterocycles. The Morgan fingerprint density at radius 2 is 1.57 bits per heavy atom. The Morgan fingerprint density at radius 1 is 1.05 bits per heavy atom. The number of nitrogens with zero attached hydrogens (tertiary/aromatic N) is 1. The highest BCUT2D eigenvalue weighted by Gasteiger charge is 2.43. The second-order valence-electron chi connectivity index (χ2n) is 6.73. The SMILES string of the molecule is CC(C)(C)N1CCC(O)(c2ccccc2C(F)(F)F)CC1.